The normalized spacial score (nSPS) is 21.2. The highest BCUT2D eigenvalue weighted by Crippen LogP contribution is 2.29. The Balaban J connectivity index is 1.96. The van der Waals surface area contributed by atoms with E-state index in [-0.39, 0.29) is 23.5 Å². The number of likely N-dealkylation sites (N-methyl/N-ethyl adjacent to an activating group) is 1. The van der Waals surface area contributed by atoms with Gasteiger partial charge in [-0.2, -0.15) is 13.2 Å². The predicted octanol–water partition coefficient (Wildman–Crippen LogP) is 1.32. The summed E-state index contributed by atoms with van der Waals surface area (Å²) in [5.74, 6) is -0.957. The molecule has 1 saturated carbocycles. The molecule has 0 amide bonds. The zero-order valence-electron chi connectivity index (χ0n) is 13.3. The Morgan fingerprint density at radius 2 is 2.04 bits per heavy atom. The number of aromatic nitrogens is 1. The van der Waals surface area contributed by atoms with E-state index in [0.29, 0.717) is 31.6 Å². The number of aliphatic carboxylic acids is 1. The summed E-state index contributed by atoms with van der Waals surface area (Å²) in [6, 6.07) is 1.04. The van der Waals surface area contributed by atoms with Gasteiger partial charge in [-0.3, -0.25) is 14.7 Å². The van der Waals surface area contributed by atoms with E-state index >= 15 is 0 Å². The van der Waals surface area contributed by atoms with E-state index in [1.807, 2.05) is 6.92 Å². The average molecular weight is 381 g/mol. The molecule has 0 bridgehead atoms. The Morgan fingerprint density at radius 1 is 1.40 bits per heavy atom. The number of carboxylic acids is 1. The Labute approximate surface area is 142 Å². The lowest BCUT2D eigenvalue weighted by Gasteiger charge is -2.42. The first kappa shape index (κ1) is 19.6. The highest BCUT2D eigenvalue weighted by Gasteiger charge is 2.37. The summed E-state index contributed by atoms with van der Waals surface area (Å²) in [6.45, 7) is 2.22. The van der Waals surface area contributed by atoms with Crippen LogP contribution in [0.2, 0.25) is 0 Å². The smallest absolute Gasteiger partial charge is 0.433 e. The molecule has 0 radical (unpaired) electrons. The van der Waals surface area contributed by atoms with Gasteiger partial charge in [0, 0.05) is 18.3 Å². The van der Waals surface area contributed by atoms with Crippen LogP contribution in [0, 0.1) is 0 Å². The largest absolute Gasteiger partial charge is 0.480 e. The second-order valence-electron chi connectivity index (χ2n) is 5.78. The first-order valence-electron chi connectivity index (χ1n) is 7.54. The van der Waals surface area contributed by atoms with Crippen LogP contribution in [0.15, 0.2) is 23.2 Å². The van der Waals surface area contributed by atoms with Crippen molar-refractivity contribution in [3.63, 3.8) is 0 Å². The lowest BCUT2D eigenvalue weighted by molar-refractivity contribution is -0.141. The van der Waals surface area contributed by atoms with Gasteiger partial charge in [-0.15, -0.1) is 0 Å². The number of pyridine rings is 1. The van der Waals surface area contributed by atoms with Crippen LogP contribution in [0.4, 0.5) is 13.2 Å². The number of carboxylic acid groups (broad SMARTS) is 1. The van der Waals surface area contributed by atoms with E-state index in [1.54, 1.807) is 4.90 Å². The molecule has 0 spiro atoms. The first-order valence-corrected chi connectivity index (χ1v) is 9.02. The maximum Gasteiger partial charge on any atom is 0.433 e. The van der Waals surface area contributed by atoms with Crippen molar-refractivity contribution in [3.05, 3.63) is 24.0 Å². The van der Waals surface area contributed by atoms with Crippen LogP contribution in [0.25, 0.3) is 0 Å². The minimum Gasteiger partial charge on any atom is -0.480 e. The summed E-state index contributed by atoms with van der Waals surface area (Å²) in [7, 11) is -3.98. The van der Waals surface area contributed by atoms with Crippen LogP contribution in [0.1, 0.15) is 25.5 Å². The van der Waals surface area contributed by atoms with Crippen molar-refractivity contribution < 1.29 is 31.5 Å². The van der Waals surface area contributed by atoms with Gasteiger partial charge in [-0.25, -0.2) is 13.1 Å². The molecule has 7 nitrogen and oxygen atoms in total. The first-order chi connectivity index (χ1) is 11.5. The van der Waals surface area contributed by atoms with Gasteiger partial charge in [0.15, 0.2) is 0 Å². The summed E-state index contributed by atoms with van der Waals surface area (Å²) >= 11 is 0. The highest BCUT2D eigenvalue weighted by molar-refractivity contribution is 7.89. The quantitative estimate of drug-likeness (QED) is 0.739. The van der Waals surface area contributed by atoms with Gasteiger partial charge in [-0.05, 0) is 31.5 Å². The molecule has 2 N–H and O–H groups in total. The van der Waals surface area contributed by atoms with Crippen LogP contribution in [0.3, 0.4) is 0 Å². The van der Waals surface area contributed by atoms with Crippen molar-refractivity contribution in [3.8, 4) is 0 Å². The topological polar surface area (TPSA) is 99.6 Å². The molecule has 0 atom stereocenters. The number of sulfonamides is 1. The number of nitrogens with zero attached hydrogens (tertiary/aromatic N) is 2. The van der Waals surface area contributed by atoms with Gasteiger partial charge < -0.3 is 5.11 Å². The molecule has 1 aromatic heterocycles. The minimum absolute atomic E-state index is 0.0421. The third kappa shape index (κ3) is 4.89. The van der Waals surface area contributed by atoms with Gasteiger partial charge in [0.25, 0.3) is 0 Å². The monoisotopic (exact) mass is 381 g/mol. The second-order valence-corrected chi connectivity index (χ2v) is 7.49. The van der Waals surface area contributed by atoms with Gasteiger partial charge >= 0.3 is 12.1 Å². The number of alkyl halides is 3. The highest BCUT2D eigenvalue weighted by atomic mass is 32.2. The van der Waals surface area contributed by atoms with Crippen molar-refractivity contribution in [2.75, 3.05) is 13.1 Å². The lowest BCUT2D eigenvalue weighted by Crippen LogP contribution is -2.54. The van der Waals surface area contributed by atoms with Crippen LogP contribution in [0.5, 0.6) is 0 Å². The van der Waals surface area contributed by atoms with Crippen molar-refractivity contribution in [2.24, 2.45) is 0 Å². The van der Waals surface area contributed by atoms with E-state index in [1.165, 1.54) is 0 Å². The molecular formula is C14H18F3N3O4S. The Kier molecular flexibility index (Phi) is 5.69. The van der Waals surface area contributed by atoms with Crippen LogP contribution < -0.4 is 4.72 Å². The van der Waals surface area contributed by atoms with E-state index in [2.05, 4.69) is 9.71 Å². The van der Waals surface area contributed by atoms with E-state index in [4.69, 9.17) is 5.11 Å². The zero-order valence-corrected chi connectivity index (χ0v) is 14.1. The fourth-order valence-electron chi connectivity index (χ4n) is 2.65. The van der Waals surface area contributed by atoms with Crippen molar-refractivity contribution >= 4 is 16.0 Å². The molecule has 0 aliphatic heterocycles. The van der Waals surface area contributed by atoms with E-state index in [0.717, 1.165) is 6.07 Å². The molecule has 0 aromatic carbocycles. The third-order valence-corrected chi connectivity index (χ3v) is 5.54. The van der Waals surface area contributed by atoms with Gasteiger partial charge in [-0.1, -0.05) is 6.92 Å². The number of carbonyl (C=O) groups is 1. The molecule has 1 fully saturated rings. The Hall–Kier alpha value is -1.72. The summed E-state index contributed by atoms with van der Waals surface area (Å²) in [4.78, 5) is 15.3. The summed E-state index contributed by atoms with van der Waals surface area (Å²) in [6.07, 6.45) is -3.09. The third-order valence-electron chi connectivity index (χ3n) is 4.03. The van der Waals surface area contributed by atoms with E-state index < -0.39 is 27.9 Å². The molecule has 11 heteroatoms. The lowest BCUT2D eigenvalue weighted by atomic mass is 9.86. The Morgan fingerprint density at radius 3 is 2.48 bits per heavy atom. The molecule has 25 heavy (non-hydrogen) atoms. The fourth-order valence-corrected chi connectivity index (χ4v) is 3.86. The maximum absolute atomic E-state index is 12.5. The van der Waals surface area contributed by atoms with Crippen molar-refractivity contribution in [1.29, 1.82) is 0 Å². The van der Waals surface area contributed by atoms with E-state index in [9.17, 15) is 26.4 Å². The maximum atomic E-state index is 12.5. The van der Waals surface area contributed by atoms with Gasteiger partial charge in [0.1, 0.15) is 10.6 Å². The van der Waals surface area contributed by atoms with Crippen LogP contribution in [-0.2, 0) is 21.0 Å². The molecule has 140 valence electrons. The van der Waals surface area contributed by atoms with Gasteiger partial charge in [0.2, 0.25) is 10.0 Å². The minimum atomic E-state index is -4.63. The zero-order chi connectivity index (χ0) is 18.8. The van der Waals surface area contributed by atoms with Gasteiger partial charge in [0.05, 0.1) is 6.54 Å². The number of halogens is 3. The van der Waals surface area contributed by atoms with Crippen molar-refractivity contribution in [1.82, 2.24) is 14.6 Å². The molecule has 1 aliphatic carbocycles. The van der Waals surface area contributed by atoms with Crippen LogP contribution in [-0.4, -0.2) is 54.6 Å². The average Bonchev–Trinajstić information content (AvgIpc) is 2.47. The summed E-state index contributed by atoms with van der Waals surface area (Å²) in [5, 5.41) is 8.82. The second kappa shape index (κ2) is 7.26. The number of nitrogens with one attached hydrogen (secondary N) is 1. The van der Waals surface area contributed by atoms with Crippen molar-refractivity contribution in [2.45, 2.75) is 42.9 Å². The number of hydrogen-bond donors (Lipinski definition) is 2. The fraction of sp³-hybridized carbons (Fsp3) is 0.571. The number of hydrogen-bond acceptors (Lipinski definition) is 5. The number of rotatable bonds is 7. The molecule has 2 rings (SSSR count). The van der Waals surface area contributed by atoms with Crippen LogP contribution >= 0.6 is 0 Å². The SMILES string of the molecule is CCN(CC(=O)O)C1CC(NS(=O)(=O)c2ccc(C(F)(F)F)nc2)C1. The summed E-state index contributed by atoms with van der Waals surface area (Å²) in [5.41, 5.74) is -1.16. The Bertz CT molecular complexity index is 716. The predicted molar refractivity (Wildman–Crippen MR) is 81.3 cm³/mol. The molecule has 0 unspecified atom stereocenters. The molecule has 0 saturated heterocycles. The standard InChI is InChI=1S/C14H18F3N3O4S/c1-2-20(8-13(21)22)10-5-9(6-10)19-25(23,24)11-3-4-12(18-7-11)14(15,16)17/h3-4,7,9-10,19H,2,5-6,8H2,1H3,(H,21,22). The molecule has 1 aliphatic rings. The molecule has 1 heterocycles. The summed E-state index contributed by atoms with van der Waals surface area (Å²) < 4.78 is 64.1. The molecule has 1 aromatic rings. The molecular weight excluding hydrogens is 363 g/mol.